The van der Waals surface area contributed by atoms with E-state index in [1.807, 2.05) is 0 Å². The molecule has 1 heterocycles. The van der Waals surface area contributed by atoms with E-state index in [0.29, 0.717) is 6.04 Å². The molecule has 1 aliphatic heterocycles. The van der Waals surface area contributed by atoms with Crippen LogP contribution in [0.15, 0.2) is 42.5 Å². The van der Waals surface area contributed by atoms with Crippen LogP contribution in [0.2, 0.25) is 0 Å². The van der Waals surface area contributed by atoms with Crippen molar-refractivity contribution >= 4 is 35.6 Å². The molecule has 2 aromatic rings. The zero-order chi connectivity index (χ0) is 18.9. The van der Waals surface area contributed by atoms with Crippen LogP contribution < -0.4 is 0 Å². The van der Waals surface area contributed by atoms with E-state index in [2.05, 4.69) is 66.4 Å². The van der Waals surface area contributed by atoms with Gasteiger partial charge in [-0.3, -0.25) is 0 Å². The van der Waals surface area contributed by atoms with Gasteiger partial charge in [-0.1, -0.05) is 61.7 Å². The minimum atomic E-state index is -0.559. The first-order valence-corrected chi connectivity index (χ1v) is 10.6. The summed E-state index contributed by atoms with van der Waals surface area (Å²) >= 11 is 0. The van der Waals surface area contributed by atoms with Gasteiger partial charge in [0.05, 0.1) is 5.60 Å². The van der Waals surface area contributed by atoms with E-state index in [4.69, 9.17) is 0 Å². The van der Waals surface area contributed by atoms with Crippen molar-refractivity contribution in [1.82, 2.24) is 9.80 Å². The second-order valence-electron chi connectivity index (χ2n) is 8.99. The molecular formula is C24H36Cl2N2O. The van der Waals surface area contributed by atoms with Gasteiger partial charge in [0, 0.05) is 25.0 Å². The Hall–Kier alpha value is -0.840. The maximum Gasteiger partial charge on any atom is 0.0728 e. The van der Waals surface area contributed by atoms with Crippen molar-refractivity contribution in [1.29, 1.82) is 0 Å². The molecule has 1 N–H and O–H groups in total. The maximum atomic E-state index is 11.7. The summed E-state index contributed by atoms with van der Waals surface area (Å²) in [6.07, 6.45) is 6.68. The molecular weight excluding hydrogens is 403 g/mol. The number of hydrogen-bond donors (Lipinski definition) is 1. The van der Waals surface area contributed by atoms with Gasteiger partial charge in [-0.05, 0) is 56.2 Å². The second kappa shape index (κ2) is 10.5. The number of benzene rings is 2. The fraction of sp³-hybridized carbons (Fsp3) is 0.583. The molecule has 1 saturated heterocycles. The average Bonchev–Trinajstić information content (AvgIpc) is 3.15. The molecule has 162 valence electrons. The predicted molar refractivity (Wildman–Crippen MR) is 128 cm³/mol. The normalized spacial score (nSPS) is 22.8. The minimum Gasteiger partial charge on any atom is -0.389 e. The van der Waals surface area contributed by atoms with Gasteiger partial charge in [0.25, 0.3) is 0 Å². The average molecular weight is 439 g/mol. The molecule has 4 rings (SSSR count). The van der Waals surface area contributed by atoms with Gasteiger partial charge in [-0.25, -0.2) is 0 Å². The van der Waals surface area contributed by atoms with Crippen LogP contribution in [0.1, 0.15) is 50.0 Å². The third-order valence-corrected chi connectivity index (χ3v) is 6.96. The largest absolute Gasteiger partial charge is 0.389 e. The summed E-state index contributed by atoms with van der Waals surface area (Å²) in [5, 5.41) is 14.2. The Morgan fingerprint density at radius 1 is 1.03 bits per heavy atom. The molecule has 2 fully saturated rings. The van der Waals surface area contributed by atoms with Gasteiger partial charge >= 0.3 is 0 Å². The number of likely N-dealkylation sites (tertiary alicyclic amines) is 1. The first-order valence-electron chi connectivity index (χ1n) is 10.6. The number of halogens is 2. The number of rotatable bonds is 5. The van der Waals surface area contributed by atoms with Crippen molar-refractivity contribution in [3.05, 3.63) is 48.0 Å². The first kappa shape index (κ1) is 24.4. The van der Waals surface area contributed by atoms with Gasteiger partial charge in [0.2, 0.25) is 0 Å². The summed E-state index contributed by atoms with van der Waals surface area (Å²) in [4.78, 5) is 4.93. The van der Waals surface area contributed by atoms with Crippen molar-refractivity contribution in [3.8, 4) is 0 Å². The monoisotopic (exact) mass is 438 g/mol. The Balaban J connectivity index is 0.00000150. The lowest BCUT2D eigenvalue weighted by molar-refractivity contribution is -0.0296. The summed E-state index contributed by atoms with van der Waals surface area (Å²) in [7, 11) is 4.37. The fourth-order valence-electron chi connectivity index (χ4n) is 5.18. The molecule has 1 unspecified atom stereocenters. The van der Waals surface area contributed by atoms with Crippen LogP contribution in [0, 0.1) is 0 Å². The van der Waals surface area contributed by atoms with Crippen LogP contribution in [0.4, 0.5) is 0 Å². The first-order chi connectivity index (χ1) is 13.0. The molecule has 0 aromatic heterocycles. The molecule has 29 heavy (non-hydrogen) atoms. The topological polar surface area (TPSA) is 26.7 Å². The van der Waals surface area contributed by atoms with Crippen LogP contribution in [0.5, 0.6) is 0 Å². The predicted octanol–water partition coefficient (Wildman–Crippen LogP) is 5.10. The Labute approximate surface area is 188 Å². The highest BCUT2D eigenvalue weighted by molar-refractivity contribution is 5.85. The Morgan fingerprint density at radius 2 is 1.72 bits per heavy atom. The molecule has 1 aliphatic carbocycles. The second-order valence-corrected chi connectivity index (χ2v) is 8.99. The molecule has 5 heteroatoms. The van der Waals surface area contributed by atoms with E-state index in [-0.39, 0.29) is 30.7 Å². The van der Waals surface area contributed by atoms with Gasteiger partial charge in [-0.15, -0.1) is 24.8 Å². The van der Waals surface area contributed by atoms with Gasteiger partial charge in [0.15, 0.2) is 0 Å². The maximum absolute atomic E-state index is 11.7. The van der Waals surface area contributed by atoms with Crippen LogP contribution in [0.3, 0.4) is 0 Å². The van der Waals surface area contributed by atoms with E-state index in [0.717, 1.165) is 45.3 Å². The van der Waals surface area contributed by atoms with Crippen molar-refractivity contribution in [2.24, 2.45) is 0 Å². The summed E-state index contributed by atoms with van der Waals surface area (Å²) in [6.45, 7) is 3.23. The quantitative estimate of drug-likeness (QED) is 0.703. The van der Waals surface area contributed by atoms with Crippen LogP contribution in [-0.4, -0.2) is 60.3 Å². The highest BCUT2D eigenvalue weighted by Gasteiger charge is 2.40. The smallest absolute Gasteiger partial charge is 0.0728 e. The number of nitrogens with zero attached hydrogens (tertiary/aromatic N) is 2. The Morgan fingerprint density at radius 3 is 2.38 bits per heavy atom. The van der Waals surface area contributed by atoms with Crippen molar-refractivity contribution < 1.29 is 5.11 Å². The summed E-state index contributed by atoms with van der Waals surface area (Å²) in [5.41, 5.74) is 0.753. The lowest BCUT2D eigenvalue weighted by Crippen LogP contribution is -2.44. The van der Waals surface area contributed by atoms with E-state index in [1.54, 1.807) is 0 Å². The number of fused-ring (bicyclic) bond motifs is 1. The zero-order valence-electron chi connectivity index (χ0n) is 17.7. The van der Waals surface area contributed by atoms with Crippen LogP contribution in [-0.2, 0) is 0 Å². The number of hydrogen-bond acceptors (Lipinski definition) is 3. The third-order valence-electron chi connectivity index (χ3n) is 6.96. The molecule has 3 nitrogen and oxygen atoms in total. The summed E-state index contributed by atoms with van der Waals surface area (Å²) in [6, 6.07) is 16.0. The number of likely N-dealkylation sites (N-methyl/N-ethyl adjacent to an activating group) is 1. The van der Waals surface area contributed by atoms with Crippen molar-refractivity contribution in [2.45, 2.75) is 56.1 Å². The SMILES string of the molecule is CN(C)[C@@H]1CCN(CC(c2ccc3ccccc3c2)C2(O)CCCCC2)C1.Cl.Cl. The highest BCUT2D eigenvalue weighted by atomic mass is 35.5. The van der Waals surface area contributed by atoms with Crippen molar-refractivity contribution in [3.63, 3.8) is 0 Å². The van der Waals surface area contributed by atoms with Gasteiger partial charge in [0.1, 0.15) is 0 Å². The summed E-state index contributed by atoms with van der Waals surface area (Å²) < 4.78 is 0. The Bertz CT molecular complexity index is 776. The zero-order valence-corrected chi connectivity index (χ0v) is 19.4. The van der Waals surface area contributed by atoms with E-state index in [1.165, 1.54) is 29.2 Å². The van der Waals surface area contributed by atoms with Gasteiger partial charge in [-0.2, -0.15) is 0 Å². The van der Waals surface area contributed by atoms with E-state index < -0.39 is 5.60 Å². The Kier molecular flexibility index (Phi) is 8.81. The fourth-order valence-corrected chi connectivity index (χ4v) is 5.18. The van der Waals surface area contributed by atoms with Crippen LogP contribution >= 0.6 is 24.8 Å². The third kappa shape index (κ3) is 5.45. The van der Waals surface area contributed by atoms with E-state index >= 15 is 0 Å². The molecule has 2 aromatic carbocycles. The minimum absolute atomic E-state index is 0. The van der Waals surface area contributed by atoms with E-state index in [9.17, 15) is 5.11 Å². The molecule has 0 amide bonds. The molecule has 0 radical (unpaired) electrons. The van der Waals surface area contributed by atoms with Crippen LogP contribution in [0.25, 0.3) is 10.8 Å². The molecule has 2 atom stereocenters. The summed E-state index contributed by atoms with van der Waals surface area (Å²) in [5.74, 6) is 0.198. The van der Waals surface area contributed by atoms with Gasteiger partial charge < -0.3 is 14.9 Å². The standard InChI is InChI=1S/C24H34N2O.2ClH/c1-25(2)22-12-15-26(17-22)18-23(24(27)13-6-3-7-14-24)21-11-10-19-8-4-5-9-20(19)16-21;;/h4-5,8-11,16,22-23,27H,3,6-7,12-15,17-18H2,1-2H3;2*1H/t22-,23?;;/m1../s1. The lowest BCUT2D eigenvalue weighted by atomic mass is 9.72. The molecule has 1 saturated carbocycles. The molecule has 0 bridgehead atoms. The molecule has 0 spiro atoms. The lowest BCUT2D eigenvalue weighted by Gasteiger charge is -2.41. The van der Waals surface area contributed by atoms with Crippen molar-refractivity contribution in [2.75, 3.05) is 33.7 Å². The highest BCUT2D eigenvalue weighted by Crippen LogP contribution is 2.41. The number of aliphatic hydroxyl groups is 1. The molecule has 2 aliphatic rings.